The summed E-state index contributed by atoms with van der Waals surface area (Å²) in [7, 11) is 1.56. The predicted octanol–water partition coefficient (Wildman–Crippen LogP) is 1.67. The van der Waals surface area contributed by atoms with Crippen molar-refractivity contribution in [1.29, 1.82) is 0 Å². The van der Waals surface area contributed by atoms with E-state index in [1.807, 2.05) is 0 Å². The number of carbonyl (C=O) groups is 1. The fourth-order valence-corrected chi connectivity index (χ4v) is 2.01. The van der Waals surface area contributed by atoms with Crippen molar-refractivity contribution in [2.24, 2.45) is 17.9 Å². The first kappa shape index (κ1) is 15.0. The van der Waals surface area contributed by atoms with E-state index in [2.05, 4.69) is 31.5 Å². The zero-order chi connectivity index (χ0) is 15.6. The van der Waals surface area contributed by atoms with Gasteiger partial charge in [0, 0.05) is 11.5 Å². The van der Waals surface area contributed by atoms with E-state index in [1.54, 1.807) is 13.1 Å². The fraction of sp³-hybridized carbons (Fsp3) is 0.0833. The number of aryl methyl sites for hydroxylation is 1. The van der Waals surface area contributed by atoms with Crippen molar-refractivity contribution in [3.8, 4) is 0 Å². The second-order valence-corrected chi connectivity index (χ2v) is 5.01. The fourth-order valence-electron chi connectivity index (χ4n) is 1.68. The molecule has 0 unspecified atom stereocenters. The van der Waals surface area contributed by atoms with E-state index < -0.39 is 11.7 Å². The van der Waals surface area contributed by atoms with Gasteiger partial charge in [-0.05, 0) is 18.2 Å². The molecule has 9 heteroatoms. The molecule has 4 N–H and O–H groups in total. The maximum atomic E-state index is 13.8. The molecule has 0 spiro atoms. The van der Waals surface area contributed by atoms with Crippen molar-refractivity contribution in [3.05, 3.63) is 45.8 Å². The van der Waals surface area contributed by atoms with Crippen LogP contribution in [0.25, 0.3) is 0 Å². The van der Waals surface area contributed by atoms with Crippen molar-refractivity contribution < 1.29 is 14.4 Å². The van der Waals surface area contributed by atoms with Gasteiger partial charge in [-0.25, -0.2) is 4.39 Å². The minimum Gasteiger partial charge on any atom is -0.409 e. The van der Waals surface area contributed by atoms with E-state index in [-0.39, 0.29) is 22.8 Å². The molecule has 1 aromatic heterocycles. The molecule has 1 amide bonds. The molecule has 0 radical (unpaired) electrons. The number of hydrogen-bond donors (Lipinski definition) is 3. The highest BCUT2D eigenvalue weighted by molar-refractivity contribution is 9.10. The average Bonchev–Trinajstić information content (AvgIpc) is 2.79. The largest absolute Gasteiger partial charge is 0.409 e. The number of amidine groups is 1. The number of anilines is 1. The Morgan fingerprint density at radius 3 is 2.86 bits per heavy atom. The molecule has 0 saturated carbocycles. The van der Waals surface area contributed by atoms with Crippen molar-refractivity contribution in [1.82, 2.24) is 9.78 Å². The Morgan fingerprint density at radius 2 is 2.24 bits per heavy atom. The van der Waals surface area contributed by atoms with Crippen LogP contribution in [-0.4, -0.2) is 26.7 Å². The van der Waals surface area contributed by atoms with Crippen molar-refractivity contribution >= 4 is 33.5 Å². The molecule has 0 fully saturated rings. The highest BCUT2D eigenvalue weighted by atomic mass is 79.9. The van der Waals surface area contributed by atoms with E-state index in [4.69, 9.17) is 10.9 Å². The van der Waals surface area contributed by atoms with Crippen LogP contribution < -0.4 is 11.1 Å². The van der Waals surface area contributed by atoms with Crippen LogP contribution in [0.15, 0.2) is 34.0 Å². The number of nitrogens with zero attached hydrogens (tertiary/aromatic N) is 3. The summed E-state index contributed by atoms with van der Waals surface area (Å²) in [4.78, 5) is 12.1. The average molecular weight is 356 g/mol. The Kier molecular flexibility index (Phi) is 4.22. The summed E-state index contributed by atoms with van der Waals surface area (Å²) < 4.78 is 15.6. The van der Waals surface area contributed by atoms with Crippen molar-refractivity contribution in [3.63, 3.8) is 0 Å². The van der Waals surface area contributed by atoms with Crippen LogP contribution in [0.4, 0.5) is 10.2 Å². The number of amides is 1. The molecule has 0 aliphatic heterocycles. The topological polar surface area (TPSA) is 106 Å². The summed E-state index contributed by atoms with van der Waals surface area (Å²) in [5, 5.41) is 17.9. The number of benzene rings is 1. The lowest BCUT2D eigenvalue weighted by molar-refractivity contribution is 0.102. The highest BCUT2D eigenvalue weighted by Crippen LogP contribution is 2.19. The summed E-state index contributed by atoms with van der Waals surface area (Å²) in [6, 6.07) is 4.07. The monoisotopic (exact) mass is 355 g/mol. The summed E-state index contributed by atoms with van der Waals surface area (Å²) in [6.07, 6.45) is 1.32. The summed E-state index contributed by atoms with van der Waals surface area (Å²) in [5.74, 6) is -1.36. The maximum Gasteiger partial charge on any atom is 0.259 e. The lowest BCUT2D eigenvalue weighted by Crippen LogP contribution is -2.20. The van der Waals surface area contributed by atoms with Gasteiger partial charge in [-0.15, -0.1) is 0 Å². The van der Waals surface area contributed by atoms with E-state index >= 15 is 0 Å². The summed E-state index contributed by atoms with van der Waals surface area (Å²) in [6.45, 7) is 0. The molecule has 0 saturated heterocycles. The van der Waals surface area contributed by atoms with Crippen LogP contribution in [0.2, 0.25) is 0 Å². The summed E-state index contributed by atoms with van der Waals surface area (Å²) >= 11 is 3.11. The van der Waals surface area contributed by atoms with Crippen LogP contribution >= 0.6 is 15.9 Å². The Labute approximate surface area is 127 Å². The standard InChI is InChI=1S/C12H11BrFN5O2/c1-19-11(8(5-16-19)10(15)18-21)17-12(20)7-3-2-6(13)4-9(7)14/h2-5,21H,1H3,(H2,15,18)(H,17,20). The van der Waals surface area contributed by atoms with E-state index in [1.165, 1.54) is 23.0 Å². The SMILES string of the molecule is Cn1ncc(C(N)=NO)c1NC(=O)c1ccc(Br)cc1F. The van der Waals surface area contributed by atoms with Crippen molar-refractivity contribution in [2.45, 2.75) is 0 Å². The molecule has 0 bridgehead atoms. The van der Waals surface area contributed by atoms with Crippen LogP contribution in [0.5, 0.6) is 0 Å². The second kappa shape index (κ2) is 5.92. The van der Waals surface area contributed by atoms with Gasteiger partial charge < -0.3 is 16.3 Å². The Hall–Kier alpha value is -2.42. The van der Waals surface area contributed by atoms with Gasteiger partial charge in [0.2, 0.25) is 0 Å². The van der Waals surface area contributed by atoms with E-state index in [0.717, 1.165) is 0 Å². The van der Waals surface area contributed by atoms with Gasteiger partial charge in [-0.2, -0.15) is 5.10 Å². The lowest BCUT2D eigenvalue weighted by Gasteiger charge is -2.08. The van der Waals surface area contributed by atoms with Gasteiger partial charge >= 0.3 is 0 Å². The van der Waals surface area contributed by atoms with E-state index in [9.17, 15) is 9.18 Å². The first-order valence-electron chi connectivity index (χ1n) is 5.70. The molecule has 1 heterocycles. The minimum atomic E-state index is -0.672. The Balaban J connectivity index is 2.34. The zero-order valence-electron chi connectivity index (χ0n) is 10.8. The predicted molar refractivity (Wildman–Crippen MR) is 77.8 cm³/mol. The van der Waals surface area contributed by atoms with Crippen LogP contribution in [0.3, 0.4) is 0 Å². The highest BCUT2D eigenvalue weighted by Gasteiger charge is 2.18. The minimum absolute atomic E-state index is 0.134. The zero-order valence-corrected chi connectivity index (χ0v) is 12.4. The molecule has 0 aliphatic rings. The van der Waals surface area contributed by atoms with Gasteiger partial charge in [0.15, 0.2) is 5.84 Å². The molecular weight excluding hydrogens is 345 g/mol. The molecule has 21 heavy (non-hydrogen) atoms. The Morgan fingerprint density at radius 1 is 1.52 bits per heavy atom. The number of nitrogens with one attached hydrogen (secondary N) is 1. The molecule has 2 aromatic rings. The number of halogens is 2. The first-order valence-corrected chi connectivity index (χ1v) is 6.49. The molecule has 110 valence electrons. The van der Waals surface area contributed by atoms with Gasteiger partial charge in [0.25, 0.3) is 5.91 Å². The van der Waals surface area contributed by atoms with Gasteiger partial charge in [-0.1, -0.05) is 21.1 Å². The van der Waals surface area contributed by atoms with Gasteiger partial charge in [0.1, 0.15) is 11.6 Å². The summed E-state index contributed by atoms with van der Waals surface area (Å²) in [5.41, 5.74) is 5.58. The number of aromatic nitrogens is 2. The van der Waals surface area contributed by atoms with Crippen molar-refractivity contribution in [2.75, 3.05) is 5.32 Å². The van der Waals surface area contributed by atoms with Gasteiger partial charge in [-0.3, -0.25) is 9.48 Å². The second-order valence-electron chi connectivity index (χ2n) is 4.09. The van der Waals surface area contributed by atoms with Crippen LogP contribution in [0, 0.1) is 5.82 Å². The number of carbonyl (C=O) groups excluding carboxylic acids is 1. The molecular formula is C12H11BrFN5O2. The number of hydrogen-bond acceptors (Lipinski definition) is 4. The number of rotatable bonds is 3. The first-order chi connectivity index (χ1) is 9.93. The van der Waals surface area contributed by atoms with Crippen LogP contribution in [-0.2, 0) is 7.05 Å². The smallest absolute Gasteiger partial charge is 0.259 e. The molecule has 2 rings (SSSR count). The van der Waals surface area contributed by atoms with Gasteiger partial charge in [0.05, 0.1) is 17.3 Å². The van der Waals surface area contributed by atoms with Crippen LogP contribution in [0.1, 0.15) is 15.9 Å². The van der Waals surface area contributed by atoms with E-state index in [0.29, 0.717) is 4.47 Å². The number of nitrogens with two attached hydrogens (primary N) is 1. The third-order valence-corrected chi connectivity index (χ3v) is 3.22. The third-order valence-electron chi connectivity index (χ3n) is 2.73. The molecule has 0 aliphatic carbocycles. The Bertz CT molecular complexity index is 728. The molecule has 1 aromatic carbocycles. The normalized spacial score (nSPS) is 11.5. The lowest BCUT2D eigenvalue weighted by atomic mass is 10.2. The molecule has 0 atom stereocenters. The molecule has 7 nitrogen and oxygen atoms in total. The third kappa shape index (κ3) is 3.02. The quantitative estimate of drug-likeness (QED) is 0.337. The number of oxime groups is 1. The maximum absolute atomic E-state index is 13.8.